The molecule has 2 aromatic heterocycles. The molecule has 2 heterocycles. The summed E-state index contributed by atoms with van der Waals surface area (Å²) in [5.41, 5.74) is 2.99. The summed E-state index contributed by atoms with van der Waals surface area (Å²) in [5, 5.41) is 7.22. The van der Waals surface area contributed by atoms with E-state index in [0.717, 1.165) is 18.4 Å². The average molecular weight is 368 g/mol. The Morgan fingerprint density at radius 3 is 2.89 bits per heavy atom. The number of ether oxygens (including phenoxy) is 2. The van der Waals surface area contributed by atoms with Crippen LogP contribution in [0, 0.1) is 0 Å². The maximum absolute atomic E-state index is 11.7. The molecular weight excluding hydrogens is 344 g/mol. The second-order valence-corrected chi connectivity index (χ2v) is 5.99. The number of benzene rings is 1. The number of H-pyrrole nitrogens is 1. The van der Waals surface area contributed by atoms with Gasteiger partial charge in [0, 0.05) is 29.7 Å². The van der Waals surface area contributed by atoms with Gasteiger partial charge in [-0.3, -0.25) is 5.32 Å². The van der Waals surface area contributed by atoms with E-state index in [9.17, 15) is 4.79 Å². The molecule has 7 nitrogen and oxygen atoms in total. The number of anilines is 2. The molecule has 3 rings (SSSR count). The predicted molar refractivity (Wildman–Crippen MR) is 107 cm³/mol. The molecule has 1 amide bonds. The molecular formula is C20H24N4O3. The molecule has 27 heavy (non-hydrogen) atoms. The van der Waals surface area contributed by atoms with Gasteiger partial charge in [0.1, 0.15) is 0 Å². The third-order valence-electron chi connectivity index (χ3n) is 4.18. The molecule has 0 saturated heterocycles. The molecule has 0 aliphatic heterocycles. The van der Waals surface area contributed by atoms with Gasteiger partial charge in [0.05, 0.1) is 19.4 Å². The second kappa shape index (κ2) is 8.93. The van der Waals surface area contributed by atoms with Gasteiger partial charge in [-0.2, -0.15) is 4.98 Å². The minimum atomic E-state index is -0.508. The first-order valence-corrected chi connectivity index (χ1v) is 8.99. The fourth-order valence-corrected chi connectivity index (χ4v) is 2.89. The Hall–Kier alpha value is -3.22. The summed E-state index contributed by atoms with van der Waals surface area (Å²) < 4.78 is 10.1. The molecule has 7 heteroatoms. The normalized spacial score (nSPS) is 10.6. The lowest BCUT2D eigenvalue weighted by Gasteiger charge is -2.13. The average Bonchev–Trinajstić information content (AvgIpc) is 3.09. The molecule has 0 unspecified atom stereocenters. The molecule has 3 N–H and O–H groups in total. The van der Waals surface area contributed by atoms with Gasteiger partial charge in [0.2, 0.25) is 5.88 Å². The van der Waals surface area contributed by atoms with Crippen LogP contribution in [0.4, 0.5) is 16.3 Å². The molecule has 0 atom stereocenters. The standard InChI is InChI=1S/C20H24N4O3/c1-3-27-20(25)23-17-10-11-18(26-2)24-19(17)21-12-6-7-14-13-22-16-9-5-4-8-15(14)16/h4-5,8-11,13,22H,3,6-7,12H2,1-2H3,(H,21,24)(H,23,25). The van der Waals surface area contributed by atoms with Crippen LogP contribution in [0.1, 0.15) is 18.9 Å². The van der Waals surface area contributed by atoms with E-state index in [1.54, 1.807) is 26.2 Å². The molecule has 0 aliphatic rings. The largest absolute Gasteiger partial charge is 0.481 e. The summed E-state index contributed by atoms with van der Waals surface area (Å²) in [7, 11) is 1.56. The van der Waals surface area contributed by atoms with E-state index in [-0.39, 0.29) is 0 Å². The van der Waals surface area contributed by atoms with Crippen LogP contribution in [0.5, 0.6) is 5.88 Å². The van der Waals surface area contributed by atoms with Gasteiger partial charge in [-0.05, 0) is 37.5 Å². The Morgan fingerprint density at radius 1 is 1.22 bits per heavy atom. The van der Waals surface area contributed by atoms with E-state index in [1.165, 1.54) is 10.9 Å². The molecule has 0 spiro atoms. The van der Waals surface area contributed by atoms with Crippen molar-refractivity contribution < 1.29 is 14.3 Å². The number of carbonyl (C=O) groups excluding carboxylic acids is 1. The minimum Gasteiger partial charge on any atom is -0.481 e. The monoisotopic (exact) mass is 368 g/mol. The van der Waals surface area contributed by atoms with Crippen LogP contribution < -0.4 is 15.4 Å². The van der Waals surface area contributed by atoms with Crippen LogP contribution in [-0.4, -0.2) is 36.3 Å². The number of methoxy groups -OCH3 is 1. The van der Waals surface area contributed by atoms with E-state index in [0.29, 0.717) is 30.5 Å². The van der Waals surface area contributed by atoms with Crippen molar-refractivity contribution in [1.82, 2.24) is 9.97 Å². The number of hydrogen-bond acceptors (Lipinski definition) is 5. The number of nitrogens with one attached hydrogen (secondary N) is 3. The fraction of sp³-hybridized carbons (Fsp3) is 0.300. The fourth-order valence-electron chi connectivity index (χ4n) is 2.89. The third-order valence-corrected chi connectivity index (χ3v) is 4.18. The zero-order valence-corrected chi connectivity index (χ0v) is 15.5. The lowest BCUT2D eigenvalue weighted by molar-refractivity contribution is 0.168. The number of carbonyl (C=O) groups is 1. The highest BCUT2D eigenvalue weighted by Crippen LogP contribution is 2.24. The minimum absolute atomic E-state index is 0.308. The molecule has 0 aliphatic carbocycles. The number of rotatable bonds is 8. The number of nitrogens with zero attached hydrogens (tertiary/aromatic N) is 1. The number of aromatic nitrogens is 2. The summed E-state index contributed by atoms with van der Waals surface area (Å²) >= 11 is 0. The molecule has 0 fully saturated rings. The van der Waals surface area contributed by atoms with Gasteiger partial charge in [-0.1, -0.05) is 18.2 Å². The van der Waals surface area contributed by atoms with Gasteiger partial charge in [-0.25, -0.2) is 4.79 Å². The Balaban J connectivity index is 1.61. The van der Waals surface area contributed by atoms with Crippen molar-refractivity contribution in [3.8, 4) is 5.88 Å². The lowest BCUT2D eigenvalue weighted by Crippen LogP contribution is -2.16. The van der Waals surface area contributed by atoms with Crippen molar-refractivity contribution in [1.29, 1.82) is 0 Å². The number of para-hydroxylation sites is 1. The van der Waals surface area contributed by atoms with Gasteiger partial charge in [0.15, 0.2) is 5.82 Å². The molecule has 1 aromatic carbocycles. The number of hydrogen-bond donors (Lipinski definition) is 3. The Bertz CT molecular complexity index is 907. The molecule has 3 aromatic rings. The van der Waals surface area contributed by atoms with Gasteiger partial charge >= 0.3 is 6.09 Å². The first kappa shape index (κ1) is 18.6. The molecule has 0 radical (unpaired) electrons. The zero-order valence-electron chi connectivity index (χ0n) is 15.5. The summed E-state index contributed by atoms with van der Waals surface area (Å²) in [6.45, 7) is 2.77. The molecule has 0 bridgehead atoms. The van der Waals surface area contributed by atoms with Gasteiger partial charge in [-0.15, -0.1) is 0 Å². The highest BCUT2D eigenvalue weighted by Gasteiger charge is 2.10. The first-order valence-electron chi connectivity index (χ1n) is 8.99. The van der Waals surface area contributed by atoms with E-state index >= 15 is 0 Å². The van der Waals surface area contributed by atoms with Crippen molar-refractivity contribution >= 4 is 28.5 Å². The Labute approximate surface area is 158 Å². The van der Waals surface area contributed by atoms with Crippen LogP contribution in [0.25, 0.3) is 10.9 Å². The van der Waals surface area contributed by atoms with E-state index in [4.69, 9.17) is 9.47 Å². The quantitative estimate of drug-likeness (QED) is 0.519. The maximum atomic E-state index is 11.7. The lowest BCUT2D eigenvalue weighted by atomic mass is 10.1. The third kappa shape index (κ3) is 4.69. The van der Waals surface area contributed by atoms with Crippen LogP contribution in [-0.2, 0) is 11.2 Å². The van der Waals surface area contributed by atoms with Crippen LogP contribution in [0.15, 0.2) is 42.6 Å². The van der Waals surface area contributed by atoms with Crippen LogP contribution >= 0.6 is 0 Å². The summed E-state index contributed by atoms with van der Waals surface area (Å²) in [5.74, 6) is 1.03. The Kier molecular flexibility index (Phi) is 6.14. The summed E-state index contributed by atoms with van der Waals surface area (Å²) in [6, 6.07) is 11.7. The van der Waals surface area contributed by atoms with E-state index < -0.39 is 6.09 Å². The number of pyridine rings is 1. The SMILES string of the molecule is CCOC(=O)Nc1ccc(OC)nc1NCCCc1c[nH]c2ccccc12. The topological polar surface area (TPSA) is 88.3 Å². The van der Waals surface area contributed by atoms with Crippen molar-refractivity contribution in [2.75, 3.05) is 30.9 Å². The van der Waals surface area contributed by atoms with Crippen molar-refractivity contribution in [3.63, 3.8) is 0 Å². The van der Waals surface area contributed by atoms with Gasteiger partial charge in [0.25, 0.3) is 0 Å². The zero-order chi connectivity index (χ0) is 19.1. The van der Waals surface area contributed by atoms with Gasteiger partial charge < -0.3 is 19.8 Å². The second-order valence-electron chi connectivity index (χ2n) is 5.99. The number of fused-ring (bicyclic) bond motifs is 1. The predicted octanol–water partition coefficient (Wildman–Crippen LogP) is 4.18. The van der Waals surface area contributed by atoms with E-state index in [1.807, 2.05) is 12.1 Å². The smallest absolute Gasteiger partial charge is 0.411 e. The number of amides is 1. The van der Waals surface area contributed by atoms with E-state index in [2.05, 4.69) is 38.9 Å². The highest BCUT2D eigenvalue weighted by molar-refractivity contribution is 5.88. The Morgan fingerprint density at radius 2 is 2.07 bits per heavy atom. The van der Waals surface area contributed by atoms with Crippen molar-refractivity contribution in [3.05, 3.63) is 48.2 Å². The first-order chi connectivity index (χ1) is 13.2. The molecule has 0 saturated carbocycles. The number of aromatic amines is 1. The van der Waals surface area contributed by atoms with Crippen molar-refractivity contribution in [2.24, 2.45) is 0 Å². The summed E-state index contributed by atoms with van der Waals surface area (Å²) in [4.78, 5) is 19.4. The number of aryl methyl sites for hydroxylation is 1. The highest BCUT2D eigenvalue weighted by atomic mass is 16.5. The van der Waals surface area contributed by atoms with Crippen LogP contribution in [0.2, 0.25) is 0 Å². The van der Waals surface area contributed by atoms with Crippen molar-refractivity contribution in [2.45, 2.75) is 19.8 Å². The maximum Gasteiger partial charge on any atom is 0.411 e. The molecule has 142 valence electrons. The van der Waals surface area contributed by atoms with Crippen LogP contribution in [0.3, 0.4) is 0 Å². The summed E-state index contributed by atoms with van der Waals surface area (Å²) in [6.07, 6.45) is 3.40.